The normalized spacial score (nSPS) is 26.6. The maximum absolute atomic E-state index is 13.3. The van der Waals surface area contributed by atoms with Gasteiger partial charge in [0.15, 0.2) is 0 Å². The summed E-state index contributed by atoms with van der Waals surface area (Å²) in [6, 6.07) is 18.0. The molecular weight excluding hydrogens is 362 g/mol. The number of carbonyl (C=O) groups is 1. The van der Waals surface area contributed by atoms with Crippen molar-refractivity contribution in [3.05, 3.63) is 65.7 Å². The summed E-state index contributed by atoms with van der Waals surface area (Å²) in [6.45, 7) is 0.601. The van der Waals surface area contributed by atoms with Crippen LogP contribution in [0.15, 0.2) is 54.6 Å². The summed E-state index contributed by atoms with van der Waals surface area (Å²) in [5.41, 5.74) is 1.52. The number of methoxy groups -OCH3 is 1. The van der Waals surface area contributed by atoms with Crippen LogP contribution < -0.4 is 4.74 Å². The molecule has 2 aromatic carbocycles. The quantitative estimate of drug-likeness (QED) is 0.812. The van der Waals surface area contributed by atoms with Crippen molar-refractivity contribution in [2.24, 2.45) is 5.92 Å². The van der Waals surface area contributed by atoms with Crippen molar-refractivity contribution in [1.82, 2.24) is 4.90 Å². The standard InChI is InChI=1S/C25H31NO3/c1-29-22-13-6-5-11-20(22)24-21-12-7-8-16-25(21,28)17-18-26(24)23(27)15-14-19-9-3-2-4-10-19/h2-6,9-11,13,21,24,28H,7-8,12,14-18H2,1H3/t21-,24+,25+/m0/s1. The molecule has 4 nitrogen and oxygen atoms in total. The number of ether oxygens (including phenoxy) is 1. The van der Waals surface area contributed by atoms with E-state index in [-0.39, 0.29) is 17.9 Å². The molecule has 1 N–H and O–H groups in total. The Bertz CT molecular complexity index is 837. The predicted molar refractivity (Wildman–Crippen MR) is 114 cm³/mol. The zero-order chi connectivity index (χ0) is 20.3. The Balaban J connectivity index is 1.63. The first-order valence-corrected chi connectivity index (χ1v) is 10.8. The van der Waals surface area contributed by atoms with Gasteiger partial charge in [0, 0.05) is 24.4 Å². The van der Waals surface area contributed by atoms with Crippen molar-refractivity contribution in [3.8, 4) is 5.75 Å². The van der Waals surface area contributed by atoms with Crippen LogP contribution in [0.3, 0.4) is 0 Å². The summed E-state index contributed by atoms with van der Waals surface area (Å²) in [6.07, 6.45) is 5.83. The fourth-order valence-electron chi connectivity index (χ4n) is 5.30. The van der Waals surface area contributed by atoms with Gasteiger partial charge in [0.25, 0.3) is 0 Å². The summed E-state index contributed by atoms with van der Waals surface area (Å²) in [5, 5.41) is 11.4. The number of fused-ring (bicyclic) bond motifs is 1. The Labute approximate surface area is 173 Å². The Morgan fingerprint density at radius 2 is 1.86 bits per heavy atom. The monoisotopic (exact) mass is 393 g/mol. The highest BCUT2D eigenvalue weighted by molar-refractivity contribution is 5.77. The Hall–Kier alpha value is -2.33. The van der Waals surface area contributed by atoms with Gasteiger partial charge in [-0.05, 0) is 37.3 Å². The van der Waals surface area contributed by atoms with Gasteiger partial charge in [-0.15, -0.1) is 0 Å². The van der Waals surface area contributed by atoms with Crippen LogP contribution in [0.5, 0.6) is 5.75 Å². The zero-order valence-corrected chi connectivity index (χ0v) is 17.2. The molecule has 1 heterocycles. The van der Waals surface area contributed by atoms with Gasteiger partial charge >= 0.3 is 0 Å². The number of nitrogens with zero attached hydrogens (tertiary/aromatic N) is 1. The van der Waals surface area contributed by atoms with E-state index < -0.39 is 5.60 Å². The van der Waals surface area contributed by atoms with Gasteiger partial charge in [0.1, 0.15) is 5.75 Å². The van der Waals surface area contributed by atoms with Crippen LogP contribution in [-0.2, 0) is 11.2 Å². The third kappa shape index (κ3) is 4.04. The number of benzene rings is 2. The van der Waals surface area contributed by atoms with Gasteiger partial charge in [-0.25, -0.2) is 0 Å². The van der Waals surface area contributed by atoms with Gasteiger partial charge < -0.3 is 14.7 Å². The number of aliphatic hydroxyl groups is 1. The van der Waals surface area contributed by atoms with E-state index in [4.69, 9.17) is 4.74 Å². The van der Waals surface area contributed by atoms with E-state index in [2.05, 4.69) is 18.2 Å². The van der Waals surface area contributed by atoms with Gasteiger partial charge in [-0.1, -0.05) is 61.4 Å². The number of likely N-dealkylation sites (tertiary alicyclic amines) is 1. The molecule has 4 rings (SSSR count). The number of para-hydroxylation sites is 1. The minimum absolute atomic E-state index is 0.0574. The van der Waals surface area contributed by atoms with Crippen molar-refractivity contribution in [1.29, 1.82) is 0 Å². The van der Waals surface area contributed by atoms with E-state index in [9.17, 15) is 9.90 Å². The number of rotatable bonds is 5. The SMILES string of the molecule is COc1ccccc1[C@@H]1[C@@H]2CCCC[C@@]2(O)CCN1C(=O)CCc1ccccc1. The molecule has 1 saturated heterocycles. The van der Waals surface area contributed by atoms with Crippen LogP contribution in [0.25, 0.3) is 0 Å². The summed E-state index contributed by atoms with van der Waals surface area (Å²) < 4.78 is 5.65. The van der Waals surface area contributed by atoms with Gasteiger partial charge in [-0.2, -0.15) is 0 Å². The lowest BCUT2D eigenvalue weighted by Crippen LogP contribution is -2.56. The third-order valence-electron chi connectivity index (χ3n) is 6.82. The highest BCUT2D eigenvalue weighted by atomic mass is 16.5. The van der Waals surface area contributed by atoms with Gasteiger partial charge in [-0.3, -0.25) is 4.79 Å². The first-order chi connectivity index (χ1) is 14.1. The topological polar surface area (TPSA) is 49.8 Å². The highest BCUT2D eigenvalue weighted by Gasteiger charge is 2.50. The van der Waals surface area contributed by atoms with Crippen molar-refractivity contribution in [3.63, 3.8) is 0 Å². The van der Waals surface area contributed by atoms with Crippen LogP contribution in [0, 0.1) is 5.92 Å². The molecule has 0 aromatic heterocycles. The lowest BCUT2D eigenvalue weighted by molar-refractivity contribution is -0.155. The molecular formula is C25H31NO3. The molecule has 2 aromatic rings. The summed E-state index contributed by atoms with van der Waals surface area (Å²) in [5.74, 6) is 1.02. The molecule has 2 aliphatic rings. The number of hydrogen-bond donors (Lipinski definition) is 1. The second kappa shape index (κ2) is 8.58. The summed E-state index contributed by atoms with van der Waals surface area (Å²) in [4.78, 5) is 15.4. The van der Waals surface area contributed by atoms with Crippen LogP contribution in [0.2, 0.25) is 0 Å². The average molecular weight is 394 g/mol. The fourth-order valence-corrected chi connectivity index (χ4v) is 5.30. The van der Waals surface area contributed by atoms with Gasteiger partial charge in [0.05, 0.1) is 18.8 Å². The second-order valence-electron chi connectivity index (χ2n) is 8.47. The first-order valence-electron chi connectivity index (χ1n) is 10.8. The molecule has 4 heteroatoms. The second-order valence-corrected chi connectivity index (χ2v) is 8.47. The lowest BCUT2D eigenvalue weighted by atomic mass is 9.66. The maximum atomic E-state index is 13.3. The highest BCUT2D eigenvalue weighted by Crippen LogP contribution is 2.50. The smallest absolute Gasteiger partial charge is 0.223 e. The molecule has 2 fully saturated rings. The van der Waals surface area contributed by atoms with E-state index in [0.717, 1.165) is 43.4 Å². The average Bonchev–Trinajstić information content (AvgIpc) is 2.77. The number of aryl methyl sites for hydroxylation is 1. The van der Waals surface area contributed by atoms with Crippen molar-refractivity contribution < 1.29 is 14.6 Å². The molecule has 1 saturated carbocycles. The summed E-state index contributed by atoms with van der Waals surface area (Å²) in [7, 11) is 1.68. The van der Waals surface area contributed by atoms with Crippen molar-refractivity contribution in [2.45, 2.75) is 56.6 Å². The van der Waals surface area contributed by atoms with Crippen LogP contribution in [0.1, 0.15) is 55.7 Å². The van der Waals surface area contributed by atoms with E-state index in [1.807, 2.05) is 41.3 Å². The van der Waals surface area contributed by atoms with E-state index in [1.54, 1.807) is 7.11 Å². The number of hydrogen-bond acceptors (Lipinski definition) is 3. The first kappa shape index (κ1) is 20.0. The van der Waals surface area contributed by atoms with E-state index in [0.29, 0.717) is 19.4 Å². The molecule has 0 bridgehead atoms. The molecule has 0 spiro atoms. The fraction of sp³-hybridized carbons (Fsp3) is 0.480. The molecule has 29 heavy (non-hydrogen) atoms. The maximum Gasteiger partial charge on any atom is 0.223 e. The lowest BCUT2D eigenvalue weighted by Gasteiger charge is -2.52. The number of carbonyl (C=O) groups excluding carboxylic acids is 1. The minimum Gasteiger partial charge on any atom is -0.496 e. The number of amides is 1. The molecule has 3 atom stereocenters. The molecule has 154 valence electrons. The van der Waals surface area contributed by atoms with E-state index in [1.165, 1.54) is 5.56 Å². The van der Waals surface area contributed by atoms with E-state index >= 15 is 0 Å². The van der Waals surface area contributed by atoms with Crippen molar-refractivity contribution in [2.75, 3.05) is 13.7 Å². The molecule has 1 aliphatic heterocycles. The molecule has 1 amide bonds. The van der Waals surface area contributed by atoms with Crippen LogP contribution in [0.4, 0.5) is 0 Å². The predicted octanol–water partition coefficient (Wildman–Crippen LogP) is 4.52. The Morgan fingerprint density at radius 1 is 1.10 bits per heavy atom. The van der Waals surface area contributed by atoms with Crippen molar-refractivity contribution >= 4 is 5.91 Å². The Morgan fingerprint density at radius 3 is 2.66 bits per heavy atom. The van der Waals surface area contributed by atoms with Gasteiger partial charge in [0.2, 0.25) is 5.91 Å². The van der Waals surface area contributed by atoms with Crippen LogP contribution in [-0.4, -0.2) is 35.2 Å². The summed E-state index contributed by atoms with van der Waals surface area (Å²) >= 11 is 0. The largest absolute Gasteiger partial charge is 0.496 e. The third-order valence-corrected chi connectivity index (χ3v) is 6.82. The zero-order valence-electron chi connectivity index (χ0n) is 17.2. The van der Waals surface area contributed by atoms with Crippen LogP contribution >= 0.6 is 0 Å². The molecule has 0 radical (unpaired) electrons. The number of piperidine rings is 1. The Kier molecular flexibility index (Phi) is 5.91. The minimum atomic E-state index is -0.681. The molecule has 1 aliphatic carbocycles. The molecule has 0 unspecified atom stereocenters.